The van der Waals surface area contributed by atoms with Gasteiger partial charge in [-0.15, -0.1) is 0 Å². The summed E-state index contributed by atoms with van der Waals surface area (Å²) in [6.45, 7) is 1.07. The number of aromatic carboxylic acids is 1. The number of nitrogens with zero attached hydrogens (tertiary/aromatic N) is 1. The van der Waals surface area contributed by atoms with E-state index in [-0.39, 0.29) is 5.56 Å². The van der Waals surface area contributed by atoms with Crippen molar-refractivity contribution in [1.29, 1.82) is 0 Å². The highest BCUT2D eigenvalue weighted by molar-refractivity contribution is 6.32. The van der Waals surface area contributed by atoms with Crippen LogP contribution in [0, 0.1) is 0 Å². The summed E-state index contributed by atoms with van der Waals surface area (Å²) in [5.74, 6) is -0.334. The Labute approximate surface area is 127 Å². The lowest BCUT2D eigenvalue weighted by molar-refractivity contribution is 0.0698. The first-order chi connectivity index (χ1) is 10.2. The fourth-order valence-electron chi connectivity index (χ4n) is 1.76. The molecule has 1 aromatic heterocycles. The van der Waals surface area contributed by atoms with Crippen LogP contribution < -0.4 is 10.1 Å². The number of carboxylic acids is 1. The Morgan fingerprint density at radius 3 is 2.90 bits per heavy atom. The average Bonchev–Trinajstić information content (AvgIpc) is 2.49. The van der Waals surface area contributed by atoms with Crippen LogP contribution in [-0.4, -0.2) is 29.2 Å². The number of ether oxygens (including phenoxy) is 1. The van der Waals surface area contributed by atoms with E-state index < -0.39 is 5.97 Å². The van der Waals surface area contributed by atoms with Crippen LogP contribution in [-0.2, 0) is 0 Å². The smallest absolute Gasteiger partial charge is 0.337 e. The van der Waals surface area contributed by atoms with E-state index in [2.05, 4.69) is 10.3 Å². The van der Waals surface area contributed by atoms with E-state index in [1.807, 2.05) is 12.1 Å². The molecule has 1 heterocycles. The van der Waals surface area contributed by atoms with Gasteiger partial charge < -0.3 is 15.2 Å². The van der Waals surface area contributed by atoms with Crippen molar-refractivity contribution in [3.63, 3.8) is 0 Å². The number of hydrogen-bond donors (Lipinski definition) is 2. The minimum Gasteiger partial charge on any atom is -0.492 e. The minimum atomic E-state index is -0.979. The van der Waals surface area contributed by atoms with Crippen molar-refractivity contribution in [3.05, 3.63) is 53.3 Å². The average molecular weight is 307 g/mol. The van der Waals surface area contributed by atoms with Crippen molar-refractivity contribution < 1.29 is 14.6 Å². The monoisotopic (exact) mass is 306 g/mol. The van der Waals surface area contributed by atoms with Gasteiger partial charge in [-0.3, -0.25) is 4.98 Å². The Hall–Kier alpha value is -2.27. The number of anilines is 1. The topological polar surface area (TPSA) is 71.5 Å². The van der Waals surface area contributed by atoms with E-state index in [1.54, 1.807) is 12.1 Å². The van der Waals surface area contributed by atoms with Gasteiger partial charge in [-0.05, 0) is 24.6 Å². The van der Waals surface area contributed by atoms with E-state index in [0.717, 1.165) is 0 Å². The van der Waals surface area contributed by atoms with Gasteiger partial charge in [-0.25, -0.2) is 4.79 Å². The van der Waals surface area contributed by atoms with E-state index in [4.69, 9.17) is 21.4 Å². The summed E-state index contributed by atoms with van der Waals surface area (Å²) in [6, 6.07) is 8.73. The lowest BCUT2D eigenvalue weighted by Gasteiger charge is -2.10. The van der Waals surface area contributed by atoms with Crippen molar-refractivity contribution in [1.82, 2.24) is 4.98 Å². The fourth-order valence-corrected chi connectivity index (χ4v) is 1.95. The van der Waals surface area contributed by atoms with E-state index in [9.17, 15) is 4.79 Å². The molecule has 0 amide bonds. The quantitative estimate of drug-likeness (QED) is 0.768. The number of hydrogen-bond acceptors (Lipinski definition) is 4. The van der Waals surface area contributed by atoms with Crippen LogP contribution in [0.25, 0.3) is 0 Å². The van der Waals surface area contributed by atoms with Gasteiger partial charge in [0.1, 0.15) is 5.75 Å². The summed E-state index contributed by atoms with van der Waals surface area (Å²) in [6.07, 6.45) is 3.66. The maximum atomic E-state index is 11.0. The van der Waals surface area contributed by atoms with Crippen molar-refractivity contribution in [2.75, 3.05) is 18.5 Å². The summed E-state index contributed by atoms with van der Waals surface area (Å²) >= 11 is 5.97. The molecular weight excluding hydrogens is 292 g/mol. The summed E-state index contributed by atoms with van der Waals surface area (Å²) < 4.78 is 5.55. The Kier molecular flexibility index (Phi) is 5.40. The molecule has 0 aliphatic carbocycles. The Balaban J connectivity index is 1.78. The molecule has 21 heavy (non-hydrogen) atoms. The van der Waals surface area contributed by atoms with Crippen LogP contribution in [0.2, 0.25) is 5.02 Å². The van der Waals surface area contributed by atoms with Gasteiger partial charge in [0.05, 0.1) is 29.1 Å². The van der Waals surface area contributed by atoms with Crippen LogP contribution >= 0.6 is 11.6 Å². The molecular formula is C15H15ClN2O3. The first kappa shape index (κ1) is 15.1. The van der Waals surface area contributed by atoms with Crippen LogP contribution in [0.15, 0.2) is 42.7 Å². The molecule has 2 aromatic rings. The van der Waals surface area contributed by atoms with Gasteiger partial charge in [-0.2, -0.15) is 0 Å². The molecule has 0 atom stereocenters. The third-order valence-electron chi connectivity index (χ3n) is 2.78. The highest BCUT2D eigenvalue weighted by Crippen LogP contribution is 2.23. The number of benzene rings is 1. The second-order valence-electron chi connectivity index (χ2n) is 4.29. The van der Waals surface area contributed by atoms with Gasteiger partial charge in [0.2, 0.25) is 0 Å². The number of carbonyl (C=O) groups is 1. The fraction of sp³-hybridized carbons (Fsp3) is 0.200. The molecule has 110 valence electrons. The summed E-state index contributed by atoms with van der Waals surface area (Å²) in [4.78, 5) is 14.9. The number of pyridine rings is 1. The zero-order valence-corrected chi connectivity index (χ0v) is 12.0. The number of nitrogens with one attached hydrogen (secondary N) is 1. The van der Waals surface area contributed by atoms with Crippen LogP contribution in [0.4, 0.5) is 5.69 Å². The van der Waals surface area contributed by atoms with Crippen LogP contribution in [0.1, 0.15) is 16.8 Å². The highest BCUT2D eigenvalue weighted by atomic mass is 35.5. The molecule has 2 N–H and O–H groups in total. The first-order valence-corrected chi connectivity index (χ1v) is 6.85. The second-order valence-corrected chi connectivity index (χ2v) is 4.69. The lowest BCUT2D eigenvalue weighted by Crippen LogP contribution is -2.10. The minimum absolute atomic E-state index is 0.206. The van der Waals surface area contributed by atoms with Gasteiger partial charge >= 0.3 is 5.97 Å². The van der Waals surface area contributed by atoms with Crippen LogP contribution in [0.5, 0.6) is 5.75 Å². The molecule has 0 saturated carbocycles. The molecule has 1 aromatic carbocycles. The van der Waals surface area contributed by atoms with E-state index in [1.165, 1.54) is 18.5 Å². The van der Waals surface area contributed by atoms with Crippen molar-refractivity contribution in [2.24, 2.45) is 0 Å². The lowest BCUT2D eigenvalue weighted by atomic mass is 10.2. The molecule has 6 heteroatoms. The Morgan fingerprint density at radius 2 is 2.14 bits per heavy atom. The third-order valence-corrected chi connectivity index (χ3v) is 3.09. The summed E-state index contributed by atoms with van der Waals surface area (Å²) in [7, 11) is 0. The third kappa shape index (κ3) is 4.36. The molecule has 0 aliphatic rings. The standard InChI is InChI=1S/C15H15ClN2O3/c16-12-4-1-2-5-14(12)21-9-3-7-18-13-10-17-8-6-11(13)15(19)20/h1-2,4-6,8,10,18H,3,7,9H2,(H,19,20). The molecule has 0 spiro atoms. The molecule has 0 bridgehead atoms. The van der Waals surface area contributed by atoms with Gasteiger partial charge in [0, 0.05) is 12.7 Å². The maximum Gasteiger partial charge on any atom is 0.337 e. The van der Waals surface area contributed by atoms with E-state index >= 15 is 0 Å². The summed E-state index contributed by atoms with van der Waals surface area (Å²) in [5, 5.41) is 12.7. The molecule has 0 aliphatic heterocycles. The molecule has 0 radical (unpaired) electrons. The number of rotatable bonds is 7. The number of para-hydroxylation sites is 1. The zero-order valence-electron chi connectivity index (χ0n) is 11.3. The van der Waals surface area contributed by atoms with Crippen LogP contribution in [0.3, 0.4) is 0 Å². The molecule has 0 unspecified atom stereocenters. The van der Waals surface area contributed by atoms with E-state index in [0.29, 0.717) is 36.0 Å². The second kappa shape index (κ2) is 7.50. The highest BCUT2D eigenvalue weighted by Gasteiger charge is 2.08. The Morgan fingerprint density at radius 1 is 1.33 bits per heavy atom. The van der Waals surface area contributed by atoms with Gasteiger partial charge in [-0.1, -0.05) is 23.7 Å². The predicted octanol–water partition coefficient (Wildman–Crippen LogP) is 3.31. The van der Waals surface area contributed by atoms with Gasteiger partial charge in [0.25, 0.3) is 0 Å². The Bertz CT molecular complexity index is 619. The molecule has 0 fully saturated rings. The molecule has 0 saturated heterocycles. The van der Waals surface area contributed by atoms with Crippen molar-refractivity contribution >= 4 is 23.3 Å². The SMILES string of the molecule is O=C(O)c1ccncc1NCCCOc1ccccc1Cl. The van der Waals surface area contributed by atoms with Crippen molar-refractivity contribution in [3.8, 4) is 5.75 Å². The largest absolute Gasteiger partial charge is 0.492 e. The number of halogens is 1. The van der Waals surface area contributed by atoms with Crippen molar-refractivity contribution in [2.45, 2.75) is 6.42 Å². The number of carboxylic acid groups (broad SMARTS) is 1. The number of aromatic nitrogens is 1. The first-order valence-electron chi connectivity index (χ1n) is 6.47. The van der Waals surface area contributed by atoms with Gasteiger partial charge in [0.15, 0.2) is 0 Å². The molecule has 5 nitrogen and oxygen atoms in total. The normalized spacial score (nSPS) is 10.1. The zero-order chi connectivity index (χ0) is 15.1. The summed E-state index contributed by atoms with van der Waals surface area (Å²) in [5.41, 5.74) is 0.708. The predicted molar refractivity (Wildman–Crippen MR) is 81.3 cm³/mol. The molecule has 2 rings (SSSR count). The maximum absolute atomic E-state index is 11.0.